The first kappa shape index (κ1) is 11.1. The summed E-state index contributed by atoms with van der Waals surface area (Å²) in [6.45, 7) is 2.12. The van der Waals surface area contributed by atoms with Crippen LogP contribution in [0.1, 0.15) is 18.9 Å². The van der Waals surface area contributed by atoms with Crippen molar-refractivity contribution in [2.45, 2.75) is 25.9 Å². The van der Waals surface area contributed by atoms with E-state index in [0.717, 1.165) is 24.3 Å². The third-order valence-corrected chi connectivity index (χ3v) is 3.62. The summed E-state index contributed by atoms with van der Waals surface area (Å²) in [5, 5.41) is 13.8. The predicted molar refractivity (Wildman–Crippen MR) is 61.6 cm³/mol. The highest BCUT2D eigenvalue weighted by Crippen LogP contribution is 2.12. The van der Waals surface area contributed by atoms with Crippen LogP contribution in [0.5, 0.6) is 0 Å². The molecule has 0 aliphatic rings. The summed E-state index contributed by atoms with van der Waals surface area (Å²) in [6.07, 6.45) is 1.77. The molecule has 1 rings (SSSR count). The Hall–Kier alpha value is 0.01000. The SMILES string of the molecule is CCSCC(O)CCc1ccsc1. The molecule has 0 aliphatic heterocycles. The van der Waals surface area contributed by atoms with Gasteiger partial charge in [0.25, 0.3) is 0 Å². The molecule has 0 aliphatic carbocycles. The van der Waals surface area contributed by atoms with Crippen molar-refractivity contribution in [3.05, 3.63) is 22.4 Å². The van der Waals surface area contributed by atoms with Gasteiger partial charge in [-0.05, 0) is 41.0 Å². The Morgan fingerprint density at radius 3 is 3.08 bits per heavy atom. The molecule has 1 unspecified atom stereocenters. The molecular formula is C10H16OS2. The highest BCUT2D eigenvalue weighted by atomic mass is 32.2. The Kier molecular flexibility index (Phi) is 5.51. The number of thioether (sulfide) groups is 1. The van der Waals surface area contributed by atoms with E-state index in [0.29, 0.717) is 0 Å². The van der Waals surface area contributed by atoms with Gasteiger partial charge in [0.15, 0.2) is 0 Å². The van der Waals surface area contributed by atoms with E-state index in [-0.39, 0.29) is 6.10 Å². The van der Waals surface area contributed by atoms with Gasteiger partial charge in [-0.25, -0.2) is 0 Å². The van der Waals surface area contributed by atoms with Gasteiger partial charge < -0.3 is 5.11 Å². The fraction of sp³-hybridized carbons (Fsp3) is 0.600. The number of thiophene rings is 1. The summed E-state index contributed by atoms with van der Waals surface area (Å²) >= 11 is 3.53. The molecule has 1 atom stereocenters. The zero-order valence-corrected chi connectivity index (χ0v) is 9.53. The van der Waals surface area contributed by atoms with E-state index in [2.05, 4.69) is 23.8 Å². The maximum atomic E-state index is 9.56. The fourth-order valence-electron chi connectivity index (χ4n) is 1.11. The maximum Gasteiger partial charge on any atom is 0.0633 e. The van der Waals surface area contributed by atoms with Gasteiger partial charge in [-0.2, -0.15) is 23.1 Å². The van der Waals surface area contributed by atoms with E-state index in [1.165, 1.54) is 5.56 Å². The first-order chi connectivity index (χ1) is 6.33. The van der Waals surface area contributed by atoms with Gasteiger partial charge in [0.2, 0.25) is 0 Å². The minimum Gasteiger partial charge on any atom is -0.392 e. The van der Waals surface area contributed by atoms with Crippen molar-refractivity contribution in [3.63, 3.8) is 0 Å². The van der Waals surface area contributed by atoms with E-state index < -0.39 is 0 Å². The van der Waals surface area contributed by atoms with Crippen LogP contribution in [0.3, 0.4) is 0 Å². The summed E-state index contributed by atoms with van der Waals surface area (Å²) in [4.78, 5) is 0. The van der Waals surface area contributed by atoms with Crippen molar-refractivity contribution in [2.24, 2.45) is 0 Å². The average Bonchev–Trinajstić information content (AvgIpc) is 2.64. The second kappa shape index (κ2) is 6.46. The summed E-state index contributed by atoms with van der Waals surface area (Å²) < 4.78 is 0. The van der Waals surface area contributed by atoms with E-state index in [4.69, 9.17) is 0 Å². The van der Waals surface area contributed by atoms with Crippen LogP contribution in [0.15, 0.2) is 16.8 Å². The largest absolute Gasteiger partial charge is 0.392 e. The molecule has 13 heavy (non-hydrogen) atoms. The average molecular weight is 216 g/mol. The van der Waals surface area contributed by atoms with Crippen LogP contribution >= 0.6 is 23.1 Å². The summed E-state index contributed by atoms with van der Waals surface area (Å²) in [7, 11) is 0. The smallest absolute Gasteiger partial charge is 0.0633 e. The van der Waals surface area contributed by atoms with Crippen LogP contribution in [0, 0.1) is 0 Å². The topological polar surface area (TPSA) is 20.2 Å². The van der Waals surface area contributed by atoms with Gasteiger partial charge in [0.05, 0.1) is 6.10 Å². The van der Waals surface area contributed by atoms with Gasteiger partial charge in [-0.1, -0.05) is 6.92 Å². The van der Waals surface area contributed by atoms with Crippen molar-refractivity contribution in [2.75, 3.05) is 11.5 Å². The molecule has 74 valence electrons. The van der Waals surface area contributed by atoms with E-state index in [9.17, 15) is 5.11 Å². The molecular weight excluding hydrogens is 200 g/mol. The summed E-state index contributed by atoms with van der Waals surface area (Å²) in [6, 6.07) is 2.13. The number of hydrogen-bond donors (Lipinski definition) is 1. The van der Waals surface area contributed by atoms with Crippen molar-refractivity contribution < 1.29 is 5.11 Å². The quantitative estimate of drug-likeness (QED) is 0.789. The zero-order chi connectivity index (χ0) is 9.52. The number of rotatable bonds is 6. The molecule has 0 bridgehead atoms. The molecule has 0 saturated heterocycles. The Morgan fingerprint density at radius 1 is 1.62 bits per heavy atom. The number of aryl methyl sites for hydroxylation is 1. The number of aliphatic hydroxyl groups excluding tert-OH is 1. The minimum absolute atomic E-state index is 0.134. The van der Waals surface area contributed by atoms with Crippen molar-refractivity contribution in [1.82, 2.24) is 0 Å². The monoisotopic (exact) mass is 216 g/mol. The van der Waals surface area contributed by atoms with Gasteiger partial charge in [0.1, 0.15) is 0 Å². The van der Waals surface area contributed by atoms with E-state index in [1.807, 2.05) is 0 Å². The third-order valence-electron chi connectivity index (χ3n) is 1.86. The third kappa shape index (κ3) is 4.69. The lowest BCUT2D eigenvalue weighted by atomic mass is 10.1. The fourth-order valence-corrected chi connectivity index (χ4v) is 2.48. The van der Waals surface area contributed by atoms with Crippen molar-refractivity contribution in [3.8, 4) is 0 Å². The van der Waals surface area contributed by atoms with Gasteiger partial charge in [0, 0.05) is 5.75 Å². The molecule has 0 fully saturated rings. The Balaban J connectivity index is 2.11. The lowest BCUT2D eigenvalue weighted by Crippen LogP contribution is -2.10. The zero-order valence-electron chi connectivity index (χ0n) is 7.90. The molecule has 1 heterocycles. The van der Waals surface area contributed by atoms with Gasteiger partial charge in [-0.3, -0.25) is 0 Å². The molecule has 1 aromatic heterocycles. The van der Waals surface area contributed by atoms with Crippen LogP contribution in [0.4, 0.5) is 0 Å². The van der Waals surface area contributed by atoms with Crippen molar-refractivity contribution in [1.29, 1.82) is 0 Å². The molecule has 1 nitrogen and oxygen atoms in total. The van der Waals surface area contributed by atoms with Gasteiger partial charge in [-0.15, -0.1) is 0 Å². The molecule has 1 aromatic rings. The lowest BCUT2D eigenvalue weighted by Gasteiger charge is -2.07. The number of hydrogen-bond acceptors (Lipinski definition) is 3. The number of aliphatic hydroxyl groups is 1. The summed E-state index contributed by atoms with van der Waals surface area (Å²) in [5.74, 6) is 1.97. The molecule has 0 spiro atoms. The van der Waals surface area contributed by atoms with E-state index in [1.54, 1.807) is 23.1 Å². The molecule has 0 aromatic carbocycles. The normalized spacial score (nSPS) is 13.1. The molecule has 3 heteroatoms. The van der Waals surface area contributed by atoms with Gasteiger partial charge >= 0.3 is 0 Å². The second-order valence-corrected chi connectivity index (χ2v) is 5.08. The Labute approximate surface area is 88.2 Å². The lowest BCUT2D eigenvalue weighted by molar-refractivity contribution is 0.189. The molecule has 0 amide bonds. The Bertz CT molecular complexity index is 209. The highest BCUT2D eigenvalue weighted by Gasteiger charge is 2.03. The maximum absolute atomic E-state index is 9.56. The van der Waals surface area contributed by atoms with Crippen molar-refractivity contribution >= 4 is 23.1 Å². The first-order valence-electron chi connectivity index (χ1n) is 4.59. The predicted octanol–water partition coefficient (Wildman–Crippen LogP) is 2.79. The summed E-state index contributed by atoms with van der Waals surface area (Å²) in [5.41, 5.74) is 1.35. The van der Waals surface area contributed by atoms with Crippen LogP contribution < -0.4 is 0 Å². The standard InChI is InChI=1S/C10H16OS2/c1-2-12-8-10(11)4-3-9-5-6-13-7-9/h5-7,10-11H,2-4,8H2,1H3. The Morgan fingerprint density at radius 2 is 2.46 bits per heavy atom. The highest BCUT2D eigenvalue weighted by molar-refractivity contribution is 7.99. The molecule has 0 radical (unpaired) electrons. The van der Waals surface area contributed by atoms with E-state index >= 15 is 0 Å². The molecule has 1 N–H and O–H groups in total. The van der Waals surface area contributed by atoms with Crippen LogP contribution in [-0.2, 0) is 6.42 Å². The second-order valence-electron chi connectivity index (χ2n) is 2.98. The van der Waals surface area contributed by atoms with Crippen LogP contribution in [-0.4, -0.2) is 22.7 Å². The van der Waals surface area contributed by atoms with Crippen LogP contribution in [0.25, 0.3) is 0 Å². The first-order valence-corrected chi connectivity index (χ1v) is 6.69. The minimum atomic E-state index is -0.134. The molecule has 0 saturated carbocycles. The van der Waals surface area contributed by atoms with Crippen LogP contribution in [0.2, 0.25) is 0 Å².